The van der Waals surface area contributed by atoms with Gasteiger partial charge in [0.15, 0.2) is 0 Å². The van der Waals surface area contributed by atoms with Crippen LogP contribution >= 0.6 is 0 Å². The summed E-state index contributed by atoms with van der Waals surface area (Å²) in [7, 11) is 0. The number of nitrogens with one attached hydrogen (secondary N) is 1. The average molecular weight is 293 g/mol. The maximum Gasteiger partial charge on any atom is 0.292 e. The number of benzene rings is 1. The van der Waals surface area contributed by atoms with Gasteiger partial charge in [0.25, 0.3) is 5.69 Å². The minimum absolute atomic E-state index is 0.127. The zero-order chi connectivity index (χ0) is 15.2. The minimum Gasteiger partial charge on any atom is -0.396 e. The van der Waals surface area contributed by atoms with Crippen molar-refractivity contribution in [2.45, 2.75) is 26.3 Å². The molecule has 0 aliphatic carbocycles. The Hall–Kier alpha value is -1.66. The SMILES string of the molecule is CCCNc1cc(CN2CCC(CO)C2)ccc1[N+](=O)[O-]. The Morgan fingerprint density at radius 2 is 2.33 bits per heavy atom. The van der Waals surface area contributed by atoms with Crippen LogP contribution in [0.3, 0.4) is 0 Å². The molecule has 0 radical (unpaired) electrons. The Kier molecular flexibility index (Phi) is 5.52. The van der Waals surface area contributed by atoms with E-state index in [0.29, 0.717) is 11.6 Å². The Morgan fingerprint density at radius 3 is 2.95 bits per heavy atom. The van der Waals surface area contributed by atoms with Crippen molar-refractivity contribution in [1.82, 2.24) is 4.90 Å². The van der Waals surface area contributed by atoms with Gasteiger partial charge in [-0.1, -0.05) is 13.0 Å². The van der Waals surface area contributed by atoms with Crippen LogP contribution in [-0.4, -0.2) is 41.2 Å². The first-order valence-corrected chi connectivity index (χ1v) is 7.48. The van der Waals surface area contributed by atoms with E-state index in [1.807, 2.05) is 19.1 Å². The molecule has 0 spiro atoms. The minimum atomic E-state index is -0.348. The Morgan fingerprint density at radius 1 is 1.52 bits per heavy atom. The second kappa shape index (κ2) is 7.38. The molecule has 1 atom stereocenters. The predicted molar refractivity (Wildman–Crippen MR) is 82.3 cm³/mol. The van der Waals surface area contributed by atoms with E-state index >= 15 is 0 Å². The van der Waals surface area contributed by atoms with Gasteiger partial charge in [-0.05, 0) is 36.9 Å². The van der Waals surface area contributed by atoms with E-state index in [0.717, 1.165) is 44.6 Å². The van der Waals surface area contributed by atoms with Crippen molar-refractivity contribution >= 4 is 11.4 Å². The largest absolute Gasteiger partial charge is 0.396 e. The molecule has 0 amide bonds. The number of anilines is 1. The average Bonchev–Trinajstić information content (AvgIpc) is 2.92. The fourth-order valence-electron chi connectivity index (χ4n) is 2.71. The van der Waals surface area contributed by atoms with Crippen molar-refractivity contribution in [2.24, 2.45) is 5.92 Å². The first-order valence-electron chi connectivity index (χ1n) is 7.48. The first-order chi connectivity index (χ1) is 10.1. The topological polar surface area (TPSA) is 78.6 Å². The second-order valence-electron chi connectivity index (χ2n) is 5.61. The van der Waals surface area contributed by atoms with Gasteiger partial charge >= 0.3 is 0 Å². The molecule has 2 rings (SSSR count). The highest BCUT2D eigenvalue weighted by Crippen LogP contribution is 2.27. The number of nitro benzene ring substituents is 1. The number of likely N-dealkylation sites (tertiary alicyclic amines) is 1. The molecular weight excluding hydrogens is 270 g/mol. The summed E-state index contributed by atoms with van der Waals surface area (Å²) in [5.74, 6) is 0.362. The lowest BCUT2D eigenvalue weighted by atomic mass is 10.1. The Balaban J connectivity index is 2.08. The highest BCUT2D eigenvalue weighted by Gasteiger charge is 2.22. The van der Waals surface area contributed by atoms with E-state index in [-0.39, 0.29) is 17.2 Å². The zero-order valence-corrected chi connectivity index (χ0v) is 12.4. The maximum atomic E-state index is 11.0. The van der Waals surface area contributed by atoms with Crippen molar-refractivity contribution < 1.29 is 10.0 Å². The van der Waals surface area contributed by atoms with E-state index < -0.39 is 0 Å². The lowest BCUT2D eigenvalue weighted by molar-refractivity contribution is -0.384. The smallest absolute Gasteiger partial charge is 0.292 e. The summed E-state index contributed by atoms with van der Waals surface area (Å²) >= 11 is 0. The van der Waals surface area contributed by atoms with Crippen LogP contribution in [0.25, 0.3) is 0 Å². The van der Waals surface area contributed by atoms with E-state index in [1.165, 1.54) is 0 Å². The molecule has 0 saturated carbocycles. The fourth-order valence-corrected chi connectivity index (χ4v) is 2.71. The number of aliphatic hydroxyl groups is 1. The van der Waals surface area contributed by atoms with Crippen LogP contribution < -0.4 is 5.32 Å². The summed E-state index contributed by atoms with van der Waals surface area (Å²) in [5, 5.41) is 23.4. The molecule has 6 heteroatoms. The third-order valence-corrected chi connectivity index (χ3v) is 3.86. The summed E-state index contributed by atoms with van der Waals surface area (Å²) in [6, 6.07) is 5.27. The van der Waals surface area contributed by atoms with Crippen molar-refractivity contribution in [3.63, 3.8) is 0 Å². The standard InChI is InChI=1S/C15H23N3O3/c1-2-6-16-14-8-12(3-4-15(14)18(20)21)9-17-7-5-13(10-17)11-19/h3-4,8,13,16,19H,2,5-7,9-11H2,1H3. The number of aliphatic hydroxyl groups excluding tert-OH is 1. The number of hydrogen-bond donors (Lipinski definition) is 2. The summed E-state index contributed by atoms with van der Waals surface area (Å²) in [6.07, 6.45) is 1.94. The fraction of sp³-hybridized carbons (Fsp3) is 0.600. The normalized spacial score (nSPS) is 18.9. The maximum absolute atomic E-state index is 11.0. The first kappa shape index (κ1) is 15.7. The lowest BCUT2D eigenvalue weighted by Gasteiger charge is -2.16. The molecule has 6 nitrogen and oxygen atoms in total. The molecule has 0 aromatic heterocycles. The number of nitro groups is 1. The van der Waals surface area contributed by atoms with E-state index in [4.69, 9.17) is 0 Å². The molecule has 1 unspecified atom stereocenters. The van der Waals surface area contributed by atoms with Gasteiger partial charge in [0.1, 0.15) is 5.69 Å². The van der Waals surface area contributed by atoms with Gasteiger partial charge < -0.3 is 10.4 Å². The molecule has 1 aromatic rings. The molecule has 1 fully saturated rings. The van der Waals surface area contributed by atoms with Crippen molar-refractivity contribution in [1.29, 1.82) is 0 Å². The van der Waals surface area contributed by atoms with Crippen LogP contribution in [0.4, 0.5) is 11.4 Å². The van der Waals surface area contributed by atoms with Crippen molar-refractivity contribution in [2.75, 3.05) is 31.6 Å². The summed E-state index contributed by atoms with van der Waals surface area (Å²) in [6.45, 7) is 5.63. The molecule has 1 heterocycles. The molecule has 1 aliphatic heterocycles. The number of nitrogens with zero attached hydrogens (tertiary/aromatic N) is 2. The van der Waals surface area contributed by atoms with E-state index in [1.54, 1.807) is 6.07 Å². The van der Waals surface area contributed by atoms with Gasteiger partial charge in [-0.3, -0.25) is 15.0 Å². The quantitative estimate of drug-likeness (QED) is 0.595. The number of rotatable bonds is 7. The third-order valence-electron chi connectivity index (χ3n) is 3.86. The second-order valence-corrected chi connectivity index (χ2v) is 5.61. The van der Waals surface area contributed by atoms with Crippen LogP contribution in [0.5, 0.6) is 0 Å². The lowest BCUT2D eigenvalue weighted by Crippen LogP contribution is -2.21. The van der Waals surface area contributed by atoms with Gasteiger partial charge in [0, 0.05) is 32.3 Å². The summed E-state index contributed by atoms with van der Waals surface area (Å²) in [5.41, 5.74) is 1.79. The molecule has 1 saturated heterocycles. The highest BCUT2D eigenvalue weighted by molar-refractivity contribution is 5.62. The summed E-state index contributed by atoms with van der Waals surface area (Å²) in [4.78, 5) is 13.0. The van der Waals surface area contributed by atoms with Crippen LogP contribution in [0.15, 0.2) is 18.2 Å². The molecule has 1 aromatic carbocycles. The van der Waals surface area contributed by atoms with Gasteiger partial charge in [-0.15, -0.1) is 0 Å². The summed E-state index contributed by atoms with van der Waals surface area (Å²) < 4.78 is 0. The van der Waals surface area contributed by atoms with E-state index in [9.17, 15) is 15.2 Å². The zero-order valence-electron chi connectivity index (χ0n) is 12.4. The molecule has 2 N–H and O–H groups in total. The van der Waals surface area contributed by atoms with Gasteiger partial charge in [-0.2, -0.15) is 0 Å². The van der Waals surface area contributed by atoms with Crippen LogP contribution in [0, 0.1) is 16.0 Å². The third kappa shape index (κ3) is 4.15. The van der Waals surface area contributed by atoms with Gasteiger partial charge in [0.2, 0.25) is 0 Å². The molecular formula is C15H23N3O3. The highest BCUT2D eigenvalue weighted by atomic mass is 16.6. The van der Waals surface area contributed by atoms with Crippen molar-refractivity contribution in [3.05, 3.63) is 33.9 Å². The monoisotopic (exact) mass is 293 g/mol. The van der Waals surface area contributed by atoms with Crippen LogP contribution in [0.1, 0.15) is 25.3 Å². The van der Waals surface area contributed by atoms with Gasteiger partial charge in [-0.25, -0.2) is 0 Å². The molecule has 21 heavy (non-hydrogen) atoms. The van der Waals surface area contributed by atoms with E-state index in [2.05, 4.69) is 10.2 Å². The Labute approximate surface area is 124 Å². The van der Waals surface area contributed by atoms with Crippen molar-refractivity contribution in [3.8, 4) is 0 Å². The van der Waals surface area contributed by atoms with Gasteiger partial charge in [0.05, 0.1) is 4.92 Å². The molecule has 116 valence electrons. The predicted octanol–water partition coefficient (Wildman–Crippen LogP) is 2.23. The Bertz CT molecular complexity index is 493. The van der Waals surface area contributed by atoms with Crippen LogP contribution in [-0.2, 0) is 6.54 Å². The number of hydrogen-bond acceptors (Lipinski definition) is 5. The molecule has 0 bridgehead atoms. The van der Waals surface area contributed by atoms with Crippen LogP contribution in [0.2, 0.25) is 0 Å². The molecule has 1 aliphatic rings.